The second-order valence-corrected chi connectivity index (χ2v) is 8.61. The monoisotopic (exact) mass is 410 g/mol. The van der Waals surface area contributed by atoms with Gasteiger partial charge in [0, 0.05) is 15.8 Å². The third-order valence-corrected chi connectivity index (χ3v) is 6.29. The summed E-state index contributed by atoms with van der Waals surface area (Å²) < 4.78 is 0. The van der Waals surface area contributed by atoms with Crippen LogP contribution in [0.3, 0.4) is 0 Å². The van der Waals surface area contributed by atoms with E-state index in [2.05, 4.69) is 18.3 Å². The summed E-state index contributed by atoms with van der Waals surface area (Å²) >= 11 is 3.27. The van der Waals surface area contributed by atoms with Crippen LogP contribution in [0.15, 0.2) is 57.9 Å². The van der Waals surface area contributed by atoms with Gasteiger partial charge in [-0.25, -0.2) is 5.01 Å². The van der Waals surface area contributed by atoms with Crippen LogP contribution in [0.25, 0.3) is 11.8 Å². The topological polar surface area (TPSA) is 57.1 Å². The largest absolute Gasteiger partial charge is 0.298 e. The summed E-state index contributed by atoms with van der Waals surface area (Å²) in [5.74, 6) is 0.824. The zero-order valence-electron chi connectivity index (χ0n) is 15.7. The number of para-hydroxylation sites is 1. The zero-order chi connectivity index (χ0) is 19.3. The molecule has 0 radical (unpaired) electrons. The summed E-state index contributed by atoms with van der Waals surface area (Å²) in [7, 11) is 0. The van der Waals surface area contributed by atoms with Crippen LogP contribution in [0.4, 0.5) is 0 Å². The molecule has 0 aliphatic carbocycles. The lowest BCUT2D eigenvalue weighted by Gasteiger charge is -2.32. The van der Waals surface area contributed by atoms with E-state index in [1.165, 1.54) is 12.8 Å². The minimum atomic E-state index is -0.343. The Morgan fingerprint density at radius 1 is 1.25 bits per heavy atom. The Bertz CT molecular complexity index is 1030. The zero-order valence-corrected chi connectivity index (χ0v) is 17.3. The molecule has 0 saturated carbocycles. The first-order valence-electron chi connectivity index (χ1n) is 9.47. The number of amides is 1. The van der Waals surface area contributed by atoms with E-state index in [0.717, 1.165) is 27.6 Å². The van der Waals surface area contributed by atoms with Crippen LogP contribution in [0.5, 0.6) is 0 Å². The first-order chi connectivity index (χ1) is 13.8. The summed E-state index contributed by atoms with van der Waals surface area (Å²) in [6.45, 7) is 2.18. The van der Waals surface area contributed by atoms with E-state index in [-0.39, 0.29) is 12.1 Å². The molecule has 2 aromatic rings. The third-order valence-electron chi connectivity index (χ3n) is 4.51. The normalized spacial score (nSPS) is 18.4. The molecular weight excluding hydrogens is 388 g/mol. The number of amidine groups is 1. The SMILES string of the molecule is CCCCCSC1=NN2C(=c3ccccc3=NC2/C=C/c2cccs2)C(=O)N1. The Balaban J connectivity index is 1.69. The Labute approximate surface area is 172 Å². The highest BCUT2D eigenvalue weighted by molar-refractivity contribution is 8.13. The van der Waals surface area contributed by atoms with Crippen molar-refractivity contribution in [2.75, 3.05) is 5.75 Å². The lowest BCUT2D eigenvalue weighted by molar-refractivity contribution is -0.116. The van der Waals surface area contributed by atoms with Gasteiger partial charge in [0.15, 0.2) is 11.3 Å². The van der Waals surface area contributed by atoms with E-state index < -0.39 is 0 Å². The number of hydrogen-bond donors (Lipinski definition) is 1. The molecule has 3 heterocycles. The number of benzene rings is 1. The molecule has 1 atom stereocenters. The quantitative estimate of drug-likeness (QED) is 0.745. The van der Waals surface area contributed by atoms with Crippen molar-refractivity contribution in [3.63, 3.8) is 0 Å². The first-order valence-corrected chi connectivity index (χ1v) is 11.3. The van der Waals surface area contributed by atoms with Gasteiger partial charge in [-0.2, -0.15) is 0 Å². The molecule has 0 fully saturated rings. The number of unbranched alkanes of at least 4 members (excludes halogenated alkanes) is 2. The van der Waals surface area contributed by atoms with E-state index in [4.69, 9.17) is 10.1 Å². The number of fused-ring (bicyclic) bond motifs is 2. The van der Waals surface area contributed by atoms with Crippen LogP contribution in [-0.4, -0.2) is 28.0 Å². The number of hydrogen-bond acceptors (Lipinski definition) is 6. The van der Waals surface area contributed by atoms with Gasteiger partial charge < -0.3 is 0 Å². The number of hydrazone groups is 1. The Kier molecular flexibility index (Phi) is 5.92. The number of carbonyl (C=O) groups excluding carboxylic acids is 1. The van der Waals surface area contributed by atoms with E-state index in [9.17, 15) is 4.79 Å². The van der Waals surface area contributed by atoms with Crippen molar-refractivity contribution in [1.29, 1.82) is 0 Å². The molecule has 1 aromatic heterocycles. The van der Waals surface area contributed by atoms with Crippen LogP contribution in [0.2, 0.25) is 0 Å². The maximum atomic E-state index is 12.9. The average molecular weight is 411 g/mol. The van der Waals surface area contributed by atoms with Crippen LogP contribution in [-0.2, 0) is 4.79 Å². The van der Waals surface area contributed by atoms with Crippen LogP contribution < -0.4 is 15.9 Å². The fourth-order valence-electron chi connectivity index (χ4n) is 3.13. The van der Waals surface area contributed by atoms with Crippen LogP contribution >= 0.6 is 23.1 Å². The van der Waals surface area contributed by atoms with Gasteiger partial charge in [-0.15, -0.1) is 16.4 Å². The van der Waals surface area contributed by atoms with Gasteiger partial charge >= 0.3 is 0 Å². The number of nitrogens with one attached hydrogen (secondary N) is 1. The Morgan fingerprint density at radius 3 is 2.96 bits per heavy atom. The number of rotatable bonds is 6. The van der Waals surface area contributed by atoms with Gasteiger partial charge in [-0.3, -0.25) is 15.1 Å². The van der Waals surface area contributed by atoms with E-state index in [0.29, 0.717) is 10.9 Å². The fourth-order valence-corrected chi connectivity index (χ4v) is 4.61. The van der Waals surface area contributed by atoms with Crippen molar-refractivity contribution in [3.05, 3.63) is 63.3 Å². The van der Waals surface area contributed by atoms with Crippen molar-refractivity contribution in [3.8, 4) is 0 Å². The number of thioether (sulfide) groups is 1. The molecule has 4 rings (SSSR count). The molecule has 1 unspecified atom stereocenters. The molecule has 1 amide bonds. The second-order valence-electron chi connectivity index (χ2n) is 6.54. The molecule has 5 nitrogen and oxygen atoms in total. The molecular formula is C21H22N4OS2. The van der Waals surface area contributed by atoms with Gasteiger partial charge in [-0.05, 0) is 36.1 Å². The standard InChI is InChI=1S/C21H22N4OS2/c1-2-3-6-13-28-21-23-20(26)19-16-9-4-5-10-17(16)22-18(25(19)24-21)12-11-15-8-7-14-27-15/h4-5,7-12,14,18H,2-3,6,13H2,1H3,(H,23,24,26)/b12-11+. The molecule has 0 bridgehead atoms. The molecule has 144 valence electrons. The summed E-state index contributed by atoms with van der Waals surface area (Å²) in [6, 6.07) is 11.8. The summed E-state index contributed by atoms with van der Waals surface area (Å²) in [5.41, 5.74) is 0.560. The van der Waals surface area contributed by atoms with Crippen molar-refractivity contribution < 1.29 is 4.79 Å². The molecule has 7 heteroatoms. The minimum Gasteiger partial charge on any atom is -0.298 e. The first kappa shape index (κ1) is 19.0. The maximum Gasteiger partial charge on any atom is 0.276 e. The number of thiophene rings is 1. The minimum absolute atomic E-state index is 0.120. The summed E-state index contributed by atoms with van der Waals surface area (Å²) in [4.78, 5) is 18.9. The van der Waals surface area contributed by atoms with Gasteiger partial charge in [0.05, 0.1) is 5.36 Å². The fraction of sp³-hybridized carbons (Fsp3) is 0.286. The van der Waals surface area contributed by atoms with Gasteiger partial charge in [-0.1, -0.05) is 55.8 Å². The van der Waals surface area contributed by atoms with Gasteiger partial charge in [0.25, 0.3) is 5.91 Å². The predicted octanol–water partition coefficient (Wildman–Crippen LogP) is 3.16. The highest BCUT2D eigenvalue weighted by Crippen LogP contribution is 2.22. The molecule has 1 N–H and O–H groups in total. The van der Waals surface area contributed by atoms with Gasteiger partial charge in [0.2, 0.25) is 0 Å². The summed E-state index contributed by atoms with van der Waals surface area (Å²) in [5, 5.41) is 13.8. The molecule has 28 heavy (non-hydrogen) atoms. The van der Waals surface area contributed by atoms with E-state index in [1.54, 1.807) is 28.1 Å². The maximum absolute atomic E-state index is 12.9. The number of carbonyl (C=O) groups is 1. The van der Waals surface area contributed by atoms with Crippen LogP contribution in [0.1, 0.15) is 31.1 Å². The van der Waals surface area contributed by atoms with Crippen molar-refractivity contribution in [1.82, 2.24) is 10.3 Å². The van der Waals surface area contributed by atoms with Crippen molar-refractivity contribution in [2.45, 2.75) is 32.4 Å². The highest BCUT2D eigenvalue weighted by Gasteiger charge is 2.32. The van der Waals surface area contributed by atoms with Gasteiger partial charge in [0.1, 0.15) is 5.70 Å². The van der Waals surface area contributed by atoms with E-state index in [1.807, 2.05) is 47.9 Å². The molecule has 2 aliphatic rings. The molecule has 0 saturated heterocycles. The lowest BCUT2D eigenvalue weighted by atomic mass is 10.1. The number of nitrogens with zero attached hydrogens (tertiary/aromatic N) is 3. The smallest absolute Gasteiger partial charge is 0.276 e. The Morgan fingerprint density at radius 2 is 2.14 bits per heavy atom. The summed E-state index contributed by atoms with van der Waals surface area (Å²) in [6.07, 6.45) is 7.17. The predicted molar refractivity (Wildman–Crippen MR) is 117 cm³/mol. The Hall–Kier alpha value is -2.38. The highest BCUT2D eigenvalue weighted by atomic mass is 32.2. The molecule has 1 aromatic carbocycles. The van der Waals surface area contributed by atoms with Crippen molar-refractivity contribution in [2.24, 2.45) is 10.1 Å². The molecule has 0 spiro atoms. The third kappa shape index (κ3) is 4.05. The van der Waals surface area contributed by atoms with E-state index >= 15 is 0 Å². The lowest BCUT2D eigenvalue weighted by Crippen LogP contribution is -2.52. The second kappa shape index (κ2) is 8.75. The molecule has 2 aliphatic heterocycles. The van der Waals surface area contributed by atoms with Crippen molar-refractivity contribution >= 4 is 45.9 Å². The average Bonchev–Trinajstić information content (AvgIpc) is 3.23. The van der Waals surface area contributed by atoms with Crippen LogP contribution in [0, 0.1) is 0 Å².